The average Bonchev–Trinajstić information content (AvgIpc) is 2.45. The van der Waals surface area contributed by atoms with E-state index in [0.29, 0.717) is 11.1 Å². The molecule has 4 nitrogen and oxygen atoms in total. The first-order valence-corrected chi connectivity index (χ1v) is 8.37. The molecule has 0 unspecified atom stereocenters. The zero-order valence-electron chi connectivity index (χ0n) is 15.8. The van der Waals surface area contributed by atoms with Gasteiger partial charge in [-0.25, -0.2) is 0 Å². The first-order valence-electron chi connectivity index (χ1n) is 8.37. The van der Waals surface area contributed by atoms with E-state index in [1.807, 2.05) is 41.5 Å². The van der Waals surface area contributed by atoms with Crippen LogP contribution < -0.4 is 0 Å². The molecule has 0 saturated heterocycles. The second-order valence-electron chi connectivity index (χ2n) is 8.64. The van der Waals surface area contributed by atoms with Gasteiger partial charge >= 0.3 is 0 Å². The number of phenols is 2. The lowest BCUT2D eigenvalue weighted by molar-refractivity contribution is -0.132. The maximum Gasteiger partial charge on any atom is 0.217 e. The molecule has 0 amide bonds. The van der Waals surface area contributed by atoms with Crippen LogP contribution in [-0.4, -0.2) is 20.4 Å². The molecular weight excluding hydrogens is 316 g/mol. The van der Waals surface area contributed by atoms with Crippen molar-refractivity contribution in [2.45, 2.75) is 58.2 Å². The number of benzene rings is 2. The van der Waals surface area contributed by atoms with Gasteiger partial charge in [-0.15, -0.1) is 0 Å². The van der Waals surface area contributed by atoms with E-state index < -0.39 is 5.79 Å². The largest absolute Gasteiger partial charge is 0.508 e. The van der Waals surface area contributed by atoms with Crippen LogP contribution in [0.4, 0.5) is 0 Å². The lowest BCUT2D eigenvalue weighted by Crippen LogP contribution is -2.28. The van der Waals surface area contributed by atoms with Gasteiger partial charge in [0.15, 0.2) is 0 Å². The standard InChI is InChI=1S/C21H28O4/c1-19(2,3)15-11-13(7-9-17(15)22)21(24,25)14-8-10-18(23)16(12-14)20(4,5)6/h7-12,22-25H,1-6H3. The molecule has 136 valence electrons. The van der Waals surface area contributed by atoms with Gasteiger partial charge in [-0.05, 0) is 58.4 Å². The fourth-order valence-electron chi connectivity index (χ4n) is 2.87. The van der Waals surface area contributed by atoms with Crippen molar-refractivity contribution in [3.8, 4) is 11.5 Å². The minimum absolute atomic E-state index is 0.119. The first-order chi connectivity index (χ1) is 11.2. The van der Waals surface area contributed by atoms with E-state index in [1.54, 1.807) is 12.1 Å². The predicted molar refractivity (Wildman–Crippen MR) is 98.8 cm³/mol. The van der Waals surface area contributed by atoms with Crippen molar-refractivity contribution in [1.29, 1.82) is 0 Å². The molecule has 0 saturated carbocycles. The molecule has 0 heterocycles. The third kappa shape index (κ3) is 3.80. The first kappa shape index (κ1) is 19.3. The third-order valence-corrected chi connectivity index (χ3v) is 4.41. The van der Waals surface area contributed by atoms with Crippen LogP contribution in [0.1, 0.15) is 63.8 Å². The Morgan fingerprint density at radius 2 is 0.920 bits per heavy atom. The molecule has 0 aliphatic heterocycles. The third-order valence-electron chi connectivity index (χ3n) is 4.41. The van der Waals surface area contributed by atoms with E-state index >= 15 is 0 Å². The quantitative estimate of drug-likeness (QED) is 0.623. The van der Waals surface area contributed by atoms with Crippen molar-refractivity contribution >= 4 is 0 Å². The Morgan fingerprint density at radius 1 is 0.600 bits per heavy atom. The predicted octanol–water partition coefficient (Wildman–Crippen LogP) is 3.88. The molecule has 0 radical (unpaired) electrons. The van der Waals surface area contributed by atoms with Crippen LogP contribution in [0.15, 0.2) is 36.4 Å². The summed E-state index contributed by atoms with van der Waals surface area (Å²) in [6, 6.07) is 9.16. The van der Waals surface area contributed by atoms with Crippen LogP contribution in [0.2, 0.25) is 0 Å². The fourth-order valence-corrected chi connectivity index (χ4v) is 2.87. The zero-order valence-corrected chi connectivity index (χ0v) is 15.8. The number of rotatable bonds is 2. The van der Waals surface area contributed by atoms with E-state index in [1.165, 1.54) is 24.3 Å². The summed E-state index contributed by atoms with van der Waals surface area (Å²) in [6.45, 7) is 11.7. The van der Waals surface area contributed by atoms with Crippen molar-refractivity contribution < 1.29 is 20.4 Å². The van der Waals surface area contributed by atoms with Crippen LogP contribution in [0.3, 0.4) is 0 Å². The Morgan fingerprint density at radius 3 is 1.20 bits per heavy atom. The molecule has 25 heavy (non-hydrogen) atoms. The van der Waals surface area contributed by atoms with Crippen LogP contribution in [-0.2, 0) is 16.6 Å². The van der Waals surface area contributed by atoms with Gasteiger partial charge in [0.1, 0.15) is 11.5 Å². The number of hydrogen-bond donors (Lipinski definition) is 4. The van der Waals surface area contributed by atoms with Crippen molar-refractivity contribution in [2.24, 2.45) is 0 Å². The lowest BCUT2D eigenvalue weighted by Gasteiger charge is -2.28. The van der Waals surface area contributed by atoms with E-state index in [-0.39, 0.29) is 33.5 Å². The van der Waals surface area contributed by atoms with Gasteiger partial charge in [0, 0.05) is 11.1 Å². The van der Waals surface area contributed by atoms with Gasteiger partial charge in [0.05, 0.1) is 0 Å². The Labute approximate surface area is 149 Å². The summed E-state index contributed by atoms with van der Waals surface area (Å²) in [5.74, 6) is -2.00. The smallest absolute Gasteiger partial charge is 0.217 e. The molecule has 0 aromatic heterocycles. The van der Waals surface area contributed by atoms with Crippen molar-refractivity contribution in [2.75, 3.05) is 0 Å². The molecule has 0 bridgehead atoms. The molecule has 0 spiro atoms. The highest BCUT2D eigenvalue weighted by Crippen LogP contribution is 2.38. The van der Waals surface area contributed by atoms with E-state index in [0.717, 1.165) is 0 Å². The number of aliphatic hydroxyl groups is 2. The minimum Gasteiger partial charge on any atom is -0.508 e. The molecule has 0 aliphatic carbocycles. The summed E-state index contributed by atoms with van der Waals surface area (Å²) in [5, 5.41) is 41.8. The normalized spacial score (nSPS) is 13.1. The summed E-state index contributed by atoms with van der Waals surface area (Å²) in [7, 11) is 0. The SMILES string of the molecule is CC(C)(C)c1cc(C(O)(O)c2ccc(O)c(C(C)(C)C)c2)ccc1O. The number of phenolic OH excluding ortho intramolecular Hbond substituents is 2. The minimum atomic E-state index is -2.23. The Balaban J connectivity index is 2.60. The van der Waals surface area contributed by atoms with E-state index in [4.69, 9.17) is 0 Å². The number of hydrogen-bond acceptors (Lipinski definition) is 4. The summed E-state index contributed by atoms with van der Waals surface area (Å²) >= 11 is 0. The van der Waals surface area contributed by atoms with E-state index in [9.17, 15) is 20.4 Å². The van der Waals surface area contributed by atoms with Gasteiger partial charge < -0.3 is 20.4 Å². The molecule has 0 aliphatic rings. The van der Waals surface area contributed by atoms with Crippen molar-refractivity contribution in [3.05, 3.63) is 58.7 Å². The molecule has 2 aromatic carbocycles. The Kier molecular flexibility index (Phi) is 4.66. The highest BCUT2D eigenvalue weighted by molar-refractivity contribution is 5.47. The van der Waals surface area contributed by atoms with Gasteiger partial charge in [0.25, 0.3) is 0 Å². The van der Waals surface area contributed by atoms with Gasteiger partial charge in [-0.3, -0.25) is 0 Å². The summed E-state index contributed by atoms with van der Waals surface area (Å²) < 4.78 is 0. The van der Waals surface area contributed by atoms with Crippen molar-refractivity contribution in [3.63, 3.8) is 0 Å². The van der Waals surface area contributed by atoms with Gasteiger partial charge in [-0.2, -0.15) is 0 Å². The topological polar surface area (TPSA) is 80.9 Å². The summed E-state index contributed by atoms with van der Waals surface area (Å²) in [6.07, 6.45) is 0. The summed E-state index contributed by atoms with van der Waals surface area (Å²) in [5.41, 5.74) is 1.10. The van der Waals surface area contributed by atoms with Crippen LogP contribution in [0.5, 0.6) is 11.5 Å². The number of aromatic hydroxyl groups is 2. The highest BCUT2D eigenvalue weighted by atomic mass is 16.5. The molecule has 4 N–H and O–H groups in total. The van der Waals surface area contributed by atoms with Crippen molar-refractivity contribution in [1.82, 2.24) is 0 Å². The molecule has 2 rings (SSSR count). The molecule has 0 fully saturated rings. The summed E-state index contributed by atoms with van der Waals surface area (Å²) in [4.78, 5) is 0. The Bertz CT molecular complexity index is 712. The molecule has 2 aromatic rings. The van der Waals surface area contributed by atoms with Crippen LogP contribution >= 0.6 is 0 Å². The Hall–Kier alpha value is -2.04. The lowest BCUT2D eigenvalue weighted by atomic mass is 9.82. The fraction of sp³-hybridized carbons (Fsp3) is 0.429. The maximum absolute atomic E-state index is 10.8. The van der Waals surface area contributed by atoms with E-state index in [2.05, 4.69) is 0 Å². The van der Waals surface area contributed by atoms with Crippen LogP contribution in [0, 0.1) is 0 Å². The monoisotopic (exact) mass is 344 g/mol. The second-order valence-corrected chi connectivity index (χ2v) is 8.64. The average molecular weight is 344 g/mol. The second kappa shape index (κ2) is 6.04. The molecule has 4 heteroatoms. The molecular formula is C21H28O4. The maximum atomic E-state index is 10.8. The van der Waals surface area contributed by atoms with Crippen LogP contribution in [0.25, 0.3) is 0 Å². The highest BCUT2D eigenvalue weighted by Gasteiger charge is 2.32. The van der Waals surface area contributed by atoms with Gasteiger partial charge in [-0.1, -0.05) is 41.5 Å². The molecule has 0 atom stereocenters. The van der Waals surface area contributed by atoms with Gasteiger partial charge in [0.2, 0.25) is 5.79 Å². The zero-order chi connectivity index (χ0) is 19.2.